The molecule has 1 rings (SSSR count). The number of piperidine rings is 1. The minimum atomic E-state index is -0.436. The topological polar surface area (TPSA) is 87.5 Å². The minimum absolute atomic E-state index is 0.0278. The lowest BCUT2D eigenvalue weighted by Crippen LogP contribution is -2.57. The summed E-state index contributed by atoms with van der Waals surface area (Å²) in [6.45, 7) is 6.97. The van der Waals surface area contributed by atoms with E-state index < -0.39 is 6.03 Å². The van der Waals surface area contributed by atoms with Crippen LogP contribution in [0.25, 0.3) is 0 Å². The normalized spacial score (nSPS) is 23.5. The molecule has 6 nitrogen and oxygen atoms in total. The smallest absolute Gasteiger partial charge is 0.321 e. The molecule has 1 heterocycles. The molecule has 0 aromatic carbocycles. The van der Waals surface area contributed by atoms with Crippen LogP contribution in [-0.4, -0.2) is 48.1 Å². The summed E-state index contributed by atoms with van der Waals surface area (Å²) in [4.78, 5) is 25.5. The number of nitrogens with zero attached hydrogens (tertiary/aromatic N) is 1. The maximum atomic E-state index is 12.0. The first-order valence-electron chi connectivity index (χ1n) is 7.07. The van der Waals surface area contributed by atoms with Crippen molar-refractivity contribution in [2.75, 3.05) is 13.1 Å². The molecule has 1 fully saturated rings. The minimum Gasteiger partial charge on any atom is -0.338 e. The third-order valence-electron chi connectivity index (χ3n) is 3.65. The monoisotopic (exact) mass is 270 g/mol. The number of amides is 3. The van der Waals surface area contributed by atoms with Gasteiger partial charge in [0.1, 0.15) is 0 Å². The quantitative estimate of drug-likeness (QED) is 0.691. The van der Waals surface area contributed by atoms with E-state index in [9.17, 15) is 9.59 Å². The molecular formula is C13H26N4O2. The lowest BCUT2D eigenvalue weighted by atomic mass is 9.95. The van der Waals surface area contributed by atoms with Gasteiger partial charge in [-0.2, -0.15) is 0 Å². The number of likely N-dealkylation sites (tertiary alicyclic amines) is 1. The summed E-state index contributed by atoms with van der Waals surface area (Å²) < 4.78 is 0. The van der Waals surface area contributed by atoms with Crippen molar-refractivity contribution in [3.05, 3.63) is 0 Å². The summed E-state index contributed by atoms with van der Waals surface area (Å²) >= 11 is 0. The fraction of sp³-hybridized carbons (Fsp3) is 0.846. The molecule has 3 amide bonds. The Labute approximate surface area is 115 Å². The summed E-state index contributed by atoms with van der Waals surface area (Å²) in [5, 5.41) is 4.92. The van der Waals surface area contributed by atoms with E-state index >= 15 is 0 Å². The van der Waals surface area contributed by atoms with Crippen LogP contribution in [-0.2, 0) is 4.79 Å². The van der Waals surface area contributed by atoms with Crippen molar-refractivity contribution in [2.45, 2.75) is 58.2 Å². The SMILES string of the molecule is CCNC(=O)NC(=O)C(C)N1CCCCC1C(C)N. The third-order valence-corrected chi connectivity index (χ3v) is 3.65. The summed E-state index contributed by atoms with van der Waals surface area (Å²) in [5.74, 6) is -0.265. The molecule has 3 atom stereocenters. The number of rotatable bonds is 4. The van der Waals surface area contributed by atoms with Crippen LogP contribution < -0.4 is 16.4 Å². The van der Waals surface area contributed by atoms with Gasteiger partial charge < -0.3 is 11.1 Å². The second-order valence-corrected chi connectivity index (χ2v) is 5.18. The molecule has 3 unspecified atom stereocenters. The Kier molecular flexibility index (Phi) is 6.24. The Morgan fingerprint density at radius 3 is 2.63 bits per heavy atom. The van der Waals surface area contributed by atoms with E-state index in [4.69, 9.17) is 5.73 Å². The first-order valence-corrected chi connectivity index (χ1v) is 7.07. The predicted molar refractivity (Wildman–Crippen MR) is 74.7 cm³/mol. The standard InChI is InChI=1S/C13H26N4O2/c1-4-15-13(19)16-12(18)10(3)17-8-6-5-7-11(17)9(2)14/h9-11H,4-8,14H2,1-3H3,(H2,15,16,18,19). The van der Waals surface area contributed by atoms with Gasteiger partial charge in [0.2, 0.25) is 5.91 Å². The predicted octanol–water partition coefficient (Wildman–Crippen LogP) is 0.422. The molecule has 0 spiro atoms. The van der Waals surface area contributed by atoms with Gasteiger partial charge in [0, 0.05) is 18.6 Å². The van der Waals surface area contributed by atoms with E-state index in [-0.39, 0.29) is 24.0 Å². The van der Waals surface area contributed by atoms with Crippen LogP contribution in [0.2, 0.25) is 0 Å². The highest BCUT2D eigenvalue weighted by atomic mass is 16.2. The van der Waals surface area contributed by atoms with Gasteiger partial charge in [0.15, 0.2) is 0 Å². The number of nitrogens with two attached hydrogens (primary N) is 1. The van der Waals surface area contributed by atoms with E-state index in [1.165, 1.54) is 0 Å². The van der Waals surface area contributed by atoms with Crippen LogP contribution >= 0.6 is 0 Å². The lowest BCUT2D eigenvalue weighted by molar-refractivity contribution is -0.126. The number of nitrogens with one attached hydrogen (secondary N) is 2. The van der Waals surface area contributed by atoms with Crippen LogP contribution in [0.4, 0.5) is 4.79 Å². The molecule has 110 valence electrons. The van der Waals surface area contributed by atoms with Gasteiger partial charge in [-0.05, 0) is 40.2 Å². The summed E-state index contributed by atoms with van der Waals surface area (Å²) in [6.07, 6.45) is 3.23. The van der Waals surface area contributed by atoms with Gasteiger partial charge in [-0.25, -0.2) is 4.79 Å². The fourth-order valence-corrected chi connectivity index (χ4v) is 2.60. The zero-order valence-electron chi connectivity index (χ0n) is 12.1. The second kappa shape index (κ2) is 7.45. The zero-order valence-corrected chi connectivity index (χ0v) is 12.1. The number of imide groups is 1. The van der Waals surface area contributed by atoms with E-state index in [2.05, 4.69) is 15.5 Å². The van der Waals surface area contributed by atoms with Crippen molar-refractivity contribution in [1.82, 2.24) is 15.5 Å². The van der Waals surface area contributed by atoms with Crippen molar-refractivity contribution < 1.29 is 9.59 Å². The molecule has 1 saturated heterocycles. The maximum Gasteiger partial charge on any atom is 0.321 e. The van der Waals surface area contributed by atoms with E-state index in [0.717, 1.165) is 25.8 Å². The highest BCUT2D eigenvalue weighted by Crippen LogP contribution is 2.21. The van der Waals surface area contributed by atoms with Crippen LogP contribution in [0.5, 0.6) is 0 Å². The summed E-state index contributed by atoms with van der Waals surface area (Å²) in [6, 6.07) is -0.531. The van der Waals surface area contributed by atoms with Crippen molar-refractivity contribution in [3.8, 4) is 0 Å². The van der Waals surface area contributed by atoms with Crippen molar-refractivity contribution in [1.29, 1.82) is 0 Å². The van der Waals surface area contributed by atoms with Gasteiger partial charge in [0.05, 0.1) is 6.04 Å². The van der Waals surface area contributed by atoms with Gasteiger partial charge in [-0.1, -0.05) is 6.42 Å². The molecule has 0 saturated carbocycles. The number of carbonyl (C=O) groups excluding carboxylic acids is 2. The van der Waals surface area contributed by atoms with Gasteiger partial charge in [-0.15, -0.1) is 0 Å². The molecule has 0 bridgehead atoms. The zero-order chi connectivity index (χ0) is 14.4. The highest BCUT2D eigenvalue weighted by molar-refractivity contribution is 5.96. The van der Waals surface area contributed by atoms with E-state index in [1.807, 2.05) is 20.8 Å². The molecule has 19 heavy (non-hydrogen) atoms. The Morgan fingerprint density at radius 1 is 1.37 bits per heavy atom. The largest absolute Gasteiger partial charge is 0.338 e. The van der Waals surface area contributed by atoms with E-state index in [1.54, 1.807) is 0 Å². The third kappa shape index (κ3) is 4.47. The molecule has 4 N–H and O–H groups in total. The van der Waals surface area contributed by atoms with Crippen molar-refractivity contribution in [2.24, 2.45) is 5.73 Å². The average Bonchev–Trinajstić information content (AvgIpc) is 2.37. The van der Waals surface area contributed by atoms with Crippen molar-refractivity contribution in [3.63, 3.8) is 0 Å². The number of carbonyl (C=O) groups is 2. The first kappa shape index (κ1) is 15.9. The van der Waals surface area contributed by atoms with Crippen LogP contribution in [0.1, 0.15) is 40.0 Å². The molecule has 0 aromatic rings. The van der Waals surface area contributed by atoms with Gasteiger partial charge in [-0.3, -0.25) is 15.0 Å². The van der Waals surface area contributed by atoms with Gasteiger partial charge in [0.25, 0.3) is 0 Å². The Morgan fingerprint density at radius 2 is 2.05 bits per heavy atom. The Balaban J connectivity index is 2.60. The van der Waals surface area contributed by atoms with Gasteiger partial charge >= 0.3 is 6.03 Å². The Bertz CT molecular complexity index is 320. The average molecular weight is 270 g/mol. The second-order valence-electron chi connectivity index (χ2n) is 5.18. The highest BCUT2D eigenvalue weighted by Gasteiger charge is 2.32. The summed E-state index contributed by atoms with van der Waals surface area (Å²) in [7, 11) is 0. The molecular weight excluding hydrogens is 244 g/mol. The van der Waals surface area contributed by atoms with Crippen molar-refractivity contribution >= 4 is 11.9 Å². The molecule has 0 aromatic heterocycles. The molecule has 1 aliphatic heterocycles. The Hall–Kier alpha value is -1.14. The van der Waals surface area contributed by atoms with Crippen LogP contribution in [0.15, 0.2) is 0 Å². The number of urea groups is 1. The number of hydrogen-bond acceptors (Lipinski definition) is 4. The maximum absolute atomic E-state index is 12.0. The first-order chi connectivity index (χ1) is 8.97. The lowest BCUT2D eigenvalue weighted by Gasteiger charge is -2.41. The summed E-state index contributed by atoms with van der Waals surface area (Å²) in [5.41, 5.74) is 5.99. The van der Waals surface area contributed by atoms with Crippen LogP contribution in [0, 0.1) is 0 Å². The van der Waals surface area contributed by atoms with E-state index in [0.29, 0.717) is 6.54 Å². The number of hydrogen-bond donors (Lipinski definition) is 3. The van der Waals surface area contributed by atoms with Crippen LogP contribution in [0.3, 0.4) is 0 Å². The fourth-order valence-electron chi connectivity index (χ4n) is 2.60. The molecule has 0 radical (unpaired) electrons. The molecule has 0 aliphatic carbocycles. The molecule has 6 heteroatoms. The molecule has 1 aliphatic rings.